The number of aromatic nitrogens is 1. The van der Waals surface area contributed by atoms with Crippen LogP contribution in [0, 0.1) is 11.8 Å². The molecule has 5 heteroatoms. The van der Waals surface area contributed by atoms with Gasteiger partial charge in [0.25, 0.3) is 0 Å². The molecular weight excluding hydrogens is 713 g/mol. The molecule has 5 unspecified atom stereocenters. The number of aliphatic imine (C=N–C) groups is 1. The molecule has 8 aliphatic carbocycles. The third-order valence-electron chi connectivity index (χ3n) is 13.9. The second-order valence-electron chi connectivity index (χ2n) is 17.2. The molecule has 2 aromatic heterocycles. The smallest absolute Gasteiger partial charge is 0.125 e. The van der Waals surface area contributed by atoms with Crippen molar-refractivity contribution in [3.63, 3.8) is 0 Å². The third kappa shape index (κ3) is 6.15. The first-order chi connectivity index (χ1) is 28.2. The van der Waals surface area contributed by atoms with Crippen molar-refractivity contribution >= 4 is 41.1 Å². The minimum Gasteiger partial charge on any atom is -0.347 e. The number of fused-ring (bicyclic) bond motifs is 7. The Balaban J connectivity index is 1.07. The fraction of sp³-hybridized carbons (Fsp3) is 0.365. The summed E-state index contributed by atoms with van der Waals surface area (Å²) in [4.78, 5) is 11.4. The predicted molar refractivity (Wildman–Crippen MR) is 241 cm³/mol. The number of allylic oxidation sites excluding steroid dienone is 18. The summed E-state index contributed by atoms with van der Waals surface area (Å²) in [7, 11) is 2.33. The van der Waals surface area contributed by atoms with Crippen molar-refractivity contribution in [2.45, 2.75) is 102 Å². The number of nitrogens with one attached hydrogen (secondary N) is 1. The Morgan fingerprint density at radius 2 is 1.61 bits per heavy atom. The summed E-state index contributed by atoms with van der Waals surface area (Å²) < 4.78 is 2.66. The van der Waals surface area contributed by atoms with E-state index in [4.69, 9.17) is 4.99 Å². The van der Waals surface area contributed by atoms with Crippen LogP contribution in [0.5, 0.6) is 0 Å². The van der Waals surface area contributed by atoms with E-state index >= 15 is 0 Å². The molecule has 0 saturated heterocycles. The molecule has 0 amide bonds. The molecule has 4 nitrogen and oxygen atoms in total. The highest BCUT2D eigenvalue weighted by Gasteiger charge is 2.42. The summed E-state index contributed by atoms with van der Waals surface area (Å²) >= 11 is 2.08. The second kappa shape index (κ2) is 14.9. The molecule has 288 valence electrons. The molecule has 57 heavy (non-hydrogen) atoms. The molecule has 2 aromatic rings. The van der Waals surface area contributed by atoms with Gasteiger partial charge in [0.1, 0.15) is 12.0 Å². The first-order valence-electron chi connectivity index (χ1n) is 21.9. The summed E-state index contributed by atoms with van der Waals surface area (Å²) in [5.41, 5.74) is 13.5. The number of thiophene rings is 1. The van der Waals surface area contributed by atoms with Gasteiger partial charge in [-0.1, -0.05) is 109 Å². The topological polar surface area (TPSA) is 32.6 Å². The zero-order valence-electron chi connectivity index (χ0n) is 33.3. The van der Waals surface area contributed by atoms with E-state index in [1.807, 2.05) is 0 Å². The Morgan fingerprint density at radius 3 is 2.44 bits per heavy atom. The number of amidine groups is 1. The van der Waals surface area contributed by atoms with Gasteiger partial charge in [0.15, 0.2) is 0 Å². The van der Waals surface area contributed by atoms with Crippen LogP contribution in [-0.2, 0) is 12.8 Å². The maximum atomic E-state index is 5.80. The lowest BCUT2D eigenvalue weighted by molar-refractivity contribution is 0.200. The zero-order valence-corrected chi connectivity index (χ0v) is 34.1. The van der Waals surface area contributed by atoms with E-state index in [-0.39, 0.29) is 18.2 Å². The van der Waals surface area contributed by atoms with E-state index in [9.17, 15) is 0 Å². The van der Waals surface area contributed by atoms with E-state index in [0.29, 0.717) is 11.8 Å². The van der Waals surface area contributed by atoms with Gasteiger partial charge in [0.05, 0.1) is 6.17 Å². The van der Waals surface area contributed by atoms with Crippen LogP contribution in [0.1, 0.15) is 97.6 Å². The van der Waals surface area contributed by atoms with Crippen LogP contribution in [0.2, 0.25) is 0 Å². The van der Waals surface area contributed by atoms with Crippen LogP contribution in [0.4, 0.5) is 0 Å². The minimum atomic E-state index is -0.0163. The summed E-state index contributed by atoms with van der Waals surface area (Å²) in [5.74, 6) is 2.13. The fourth-order valence-corrected chi connectivity index (χ4v) is 12.5. The van der Waals surface area contributed by atoms with Gasteiger partial charge in [0.2, 0.25) is 0 Å². The van der Waals surface area contributed by atoms with Crippen molar-refractivity contribution in [3.05, 3.63) is 151 Å². The fourth-order valence-electron chi connectivity index (χ4n) is 11.2. The number of aryl methyl sites for hydroxylation is 1. The van der Waals surface area contributed by atoms with Crippen LogP contribution < -0.4 is 15.9 Å². The number of hydrogen-bond acceptors (Lipinski definition) is 4. The van der Waals surface area contributed by atoms with E-state index in [0.717, 1.165) is 83.5 Å². The van der Waals surface area contributed by atoms with Gasteiger partial charge in [-0.25, -0.2) is 4.99 Å². The highest BCUT2D eigenvalue weighted by molar-refractivity contribution is 7.13. The quantitative estimate of drug-likeness (QED) is 0.318. The molecule has 0 radical (unpaired) electrons. The first kappa shape index (κ1) is 35.5. The molecule has 1 N–H and O–H groups in total. The average molecular weight is 767 g/mol. The molecule has 0 spiro atoms. The van der Waals surface area contributed by atoms with Crippen molar-refractivity contribution in [2.75, 3.05) is 7.05 Å². The molecule has 0 fully saturated rings. The maximum Gasteiger partial charge on any atom is 0.125 e. The van der Waals surface area contributed by atoms with Crippen molar-refractivity contribution in [1.29, 1.82) is 0 Å². The van der Waals surface area contributed by atoms with Gasteiger partial charge in [-0.15, -0.1) is 11.3 Å². The van der Waals surface area contributed by atoms with Crippen LogP contribution in [0.3, 0.4) is 0 Å². The summed E-state index contributed by atoms with van der Waals surface area (Å²) in [6, 6.07) is 0. The Morgan fingerprint density at radius 1 is 0.719 bits per heavy atom. The van der Waals surface area contributed by atoms with Gasteiger partial charge in [0, 0.05) is 67.6 Å². The van der Waals surface area contributed by atoms with E-state index in [2.05, 4.69) is 149 Å². The largest absolute Gasteiger partial charge is 0.347 e. The predicted octanol–water partition coefficient (Wildman–Crippen LogP) is 10.5. The molecule has 3 heterocycles. The zero-order chi connectivity index (χ0) is 37.9. The van der Waals surface area contributed by atoms with Crippen LogP contribution in [0.15, 0.2) is 125 Å². The average Bonchev–Trinajstić information content (AvgIpc) is 3.83. The van der Waals surface area contributed by atoms with Crippen molar-refractivity contribution in [2.24, 2.45) is 16.8 Å². The Kier molecular flexibility index (Phi) is 9.27. The van der Waals surface area contributed by atoms with Crippen LogP contribution in [-0.4, -0.2) is 34.7 Å². The molecule has 0 aromatic carbocycles. The van der Waals surface area contributed by atoms with Gasteiger partial charge < -0.3 is 9.47 Å². The van der Waals surface area contributed by atoms with Gasteiger partial charge in [-0.3, -0.25) is 5.32 Å². The lowest BCUT2D eigenvalue weighted by Gasteiger charge is -2.46. The summed E-state index contributed by atoms with van der Waals surface area (Å²) in [6.45, 7) is 0. The Bertz CT molecular complexity index is 2520. The minimum absolute atomic E-state index is 0.0163. The van der Waals surface area contributed by atoms with Crippen molar-refractivity contribution < 1.29 is 0 Å². The van der Waals surface area contributed by atoms with Crippen LogP contribution >= 0.6 is 11.3 Å². The monoisotopic (exact) mass is 766 g/mol. The SMILES string of the molecule is CN1C(C2CC(C3=CC=CCC3)=CC=C2C2CC=Cc3sc4c(c32)-c2c(n(C3=CCCC=C3)c3c2=CCCC=3)CC4)=NC(C2=CC=CCC2)NC1C1C=CC=CC1. The molecule has 0 bridgehead atoms. The molecular formula is C52H54N4S. The lowest BCUT2D eigenvalue weighted by atomic mass is 9.71. The van der Waals surface area contributed by atoms with E-state index < -0.39 is 0 Å². The van der Waals surface area contributed by atoms with Gasteiger partial charge in [-0.2, -0.15) is 0 Å². The first-order valence-corrected chi connectivity index (χ1v) is 22.7. The molecule has 9 aliphatic rings. The van der Waals surface area contributed by atoms with Gasteiger partial charge >= 0.3 is 0 Å². The highest BCUT2D eigenvalue weighted by Crippen LogP contribution is 2.53. The maximum absolute atomic E-state index is 5.80. The summed E-state index contributed by atoms with van der Waals surface area (Å²) in [6.07, 6.45) is 59.7. The third-order valence-corrected chi connectivity index (χ3v) is 15.2. The highest BCUT2D eigenvalue weighted by atomic mass is 32.1. The van der Waals surface area contributed by atoms with E-state index in [1.165, 1.54) is 55.0 Å². The van der Waals surface area contributed by atoms with Crippen molar-refractivity contribution in [3.8, 4) is 11.1 Å². The van der Waals surface area contributed by atoms with Crippen LogP contribution in [0.25, 0.3) is 35.1 Å². The van der Waals surface area contributed by atoms with Gasteiger partial charge in [-0.05, 0) is 118 Å². The number of rotatable bonds is 6. The molecule has 5 atom stereocenters. The lowest BCUT2D eigenvalue weighted by Crippen LogP contribution is -2.60. The van der Waals surface area contributed by atoms with Crippen molar-refractivity contribution in [1.82, 2.24) is 14.8 Å². The second-order valence-corrected chi connectivity index (χ2v) is 18.4. The standard InChI is InChI=1S/C52H54N4S/c1-55-51(36-21-10-4-11-22-36)53-50(35-19-8-3-9-20-35)54-52(55)42-33-37(34-17-6-2-7-18-34)29-30-39(42)40-26-16-28-45-48(40)49-46(57-45)32-31-44-47(49)41-25-14-15-27-43(41)56(44)38-23-12-5-13-24-38/h2-4,6,8,10-12,16-17,19,21,23-25,27-30,36,40,42,50-51,53H,5,7,9,13-15,18,20,22,26,31-33H2,1H3. The van der Waals surface area contributed by atoms with E-state index in [1.54, 1.807) is 21.6 Å². The normalized spacial score (nSPS) is 28.4. The molecule has 11 rings (SSSR count). The number of hydrogen-bond donors (Lipinski definition) is 1. The molecule has 1 aliphatic heterocycles. The Labute approximate surface area is 342 Å². The Hall–Kier alpha value is -4.71. The number of nitrogens with zero attached hydrogens (tertiary/aromatic N) is 3. The molecule has 0 saturated carbocycles. The summed E-state index contributed by atoms with van der Waals surface area (Å²) in [5, 5.41) is 6.98.